The molecule has 1 aliphatic heterocycles. The number of amides is 3. The number of quaternary nitrogens is 1. The molecule has 3 rings (SSSR count). The second-order valence-corrected chi connectivity index (χ2v) is 8.09. The first-order chi connectivity index (χ1) is 13.4. The molecule has 0 radical (unpaired) electrons. The van der Waals surface area contributed by atoms with E-state index in [1.807, 2.05) is 26.1 Å². The van der Waals surface area contributed by atoms with E-state index in [1.165, 1.54) is 4.90 Å². The number of methoxy groups -OCH3 is 2. The maximum Gasteiger partial charge on any atom is 0.329 e. The smallest absolute Gasteiger partial charge is 0.329 e. The molecule has 1 aromatic rings. The third-order valence-electron chi connectivity index (χ3n) is 5.97. The van der Waals surface area contributed by atoms with Gasteiger partial charge in [0.2, 0.25) is 0 Å². The lowest BCUT2D eigenvalue weighted by Gasteiger charge is -2.25. The van der Waals surface area contributed by atoms with Crippen molar-refractivity contribution in [1.29, 1.82) is 0 Å². The Morgan fingerprint density at radius 2 is 1.68 bits per heavy atom. The number of rotatable bonds is 6. The summed E-state index contributed by atoms with van der Waals surface area (Å²) in [6.45, 7) is 3.05. The summed E-state index contributed by atoms with van der Waals surface area (Å²) in [7, 11) is 5.23. The molecular formula is C21H32N3O4+. The highest BCUT2D eigenvalue weighted by Crippen LogP contribution is 2.32. The SMILES string of the molecule is COc1cc(C)c(C[NH+](C)CN2C(=O)NC3(CCCCCC3)C2=O)cc1OC. The van der Waals surface area contributed by atoms with Crippen molar-refractivity contribution in [2.45, 2.75) is 57.5 Å². The van der Waals surface area contributed by atoms with Crippen LogP contribution in [0.1, 0.15) is 49.7 Å². The highest BCUT2D eigenvalue weighted by atomic mass is 16.5. The molecule has 28 heavy (non-hydrogen) atoms. The Morgan fingerprint density at radius 3 is 2.29 bits per heavy atom. The van der Waals surface area contributed by atoms with Gasteiger partial charge in [-0.15, -0.1) is 0 Å². The zero-order chi connectivity index (χ0) is 20.3. The number of hydrogen-bond donors (Lipinski definition) is 2. The van der Waals surface area contributed by atoms with Gasteiger partial charge in [0, 0.05) is 5.56 Å². The van der Waals surface area contributed by atoms with E-state index >= 15 is 0 Å². The molecule has 2 fully saturated rings. The summed E-state index contributed by atoms with van der Waals surface area (Å²) in [5, 5.41) is 3.01. The van der Waals surface area contributed by atoms with Crippen LogP contribution in [0, 0.1) is 6.92 Å². The summed E-state index contributed by atoms with van der Waals surface area (Å²) in [5.74, 6) is 1.33. The zero-order valence-electron chi connectivity index (χ0n) is 17.4. The molecule has 0 aromatic heterocycles. The van der Waals surface area contributed by atoms with Crippen LogP contribution < -0.4 is 19.7 Å². The van der Waals surface area contributed by atoms with Gasteiger partial charge in [-0.05, 0) is 37.5 Å². The lowest BCUT2D eigenvalue weighted by atomic mass is 9.90. The molecule has 1 unspecified atom stereocenters. The molecule has 1 aliphatic carbocycles. The highest BCUT2D eigenvalue weighted by molar-refractivity contribution is 6.06. The number of urea groups is 1. The Kier molecular flexibility index (Phi) is 6.13. The summed E-state index contributed by atoms with van der Waals surface area (Å²) in [6.07, 6.45) is 5.76. The maximum atomic E-state index is 13.1. The predicted octanol–water partition coefficient (Wildman–Crippen LogP) is 1.63. The molecule has 7 nitrogen and oxygen atoms in total. The second kappa shape index (κ2) is 8.39. The van der Waals surface area contributed by atoms with Gasteiger partial charge in [0.15, 0.2) is 18.2 Å². The molecule has 1 saturated carbocycles. The van der Waals surface area contributed by atoms with Gasteiger partial charge in [-0.2, -0.15) is 0 Å². The average Bonchev–Trinajstić information content (AvgIpc) is 2.84. The molecular weight excluding hydrogens is 358 g/mol. The third-order valence-corrected chi connectivity index (χ3v) is 5.97. The Balaban J connectivity index is 1.70. The number of carbonyl (C=O) groups is 2. The van der Waals surface area contributed by atoms with Crippen LogP contribution in [0.5, 0.6) is 11.5 Å². The van der Waals surface area contributed by atoms with Gasteiger partial charge < -0.3 is 19.7 Å². The van der Waals surface area contributed by atoms with Crippen molar-refractivity contribution in [3.63, 3.8) is 0 Å². The van der Waals surface area contributed by atoms with Crippen molar-refractivity contribution in [3.8, 4) is 11.5 Å². The van der Waals surface area contributed by atoms with Crippen molar-refractivity contribution in [2.75, 3.05) is 27.9 Å². The number of nitrogens with one attached hydrogen (secondary N) is 2. The average molecular weight is 391 g/mol. The lowest BCUT2D eigenvalue weighted by Crippen LogP contribution is -3.09. The molecule has 1 heterocycles. The molecule has 1 atom stereocenters. The molecule has 154 valence electrons. The predicted molar refractivity (Wildman–Crippen MR) is 106 cm³/mol. The van der Waals surface area contributed by atoms with Crippen LogP contribution in [0.3, 0.4) is 0 Å². The van der Waals surface area contributed by atoms with Crippen LogP contribution in [0.4, 0.5) is 4.79 Å². The molecule has 2 N–H and O–H groups in total. The van der Waals surface area contributed by atoms with E-state index in [2.05, 4.69) is 5.32 Å². The van der Waals surface area contributed by atoms with Crippen LogP contribution in [0.2, 0.25) is 0 Å². The van der Waals surface area contributed by atoms with E-state index in [0.717, 1.165) is 54.6 Å². The number of benzene rings is 1. The fourth-order valence-corrected chi connectivity index (χ4v) is 4.35. The molecule has 0 bridgehead atoms. The number of aryl methyl sites for hydroxylation is 1. The first kappa shape index (κ1) is 20.5. The summed E-state index contributed by atoms with van der Waals surface area (Å²) in [6, 6.07) is 3.67. The number of imide groups is 1. The maximum absolute atomic E-state index is 13.1. The highest BCUT2D eigenvalue weighted by Gasteiger charge is 2.51. The van der Waals surface area contributed by atoms with Gasteiger partial charge in [0.1, 0.15) is 12.1 Å². The zero-order valence-corrected chi connectivity index (χ0v) is 17.4. The topological polar surface area (TPSA) is 72.3 Å². The number of ether oxygens (including phenoxy) is 2. The van der Waals surface area contributed by atoms with Gasteiger partial charge in [-0.25, -0.2) is 9.69 Å². The van der Waals surface area contributed by atoms with Gasteiger partial charge in [-0.1, -0.05) is 25.7 Å². The third kappa shape index (κ3) is 3.94. The van der Waals surface area contributed by atoms with E-state index in [4.69, 9.17) is 9.47 Å². The van der Waals surface area contributed by atoms with E-state index in [9.17, 15) is 9.59 Å². The molecule has 1 saturated heterocycles. The number of nitrogens with zero attached hydrogens (tertiary/aromatic N) is 1. The van der Waals surface area contributed by atoms with Crippen LogP contribution in [-0.2, 0) is 11.3 Å². The molecule has 2 aliphatic rings. The van der Waals surface area contributed by atoms with Crippen LogP contribution in [-0.4, -0.2) is 50.3 Å². The molecule has 3 amide bonds. The van der Waals surface area contributed by atoms with E-state index < -0.39 is 5.54 Å². The number of carbonyl (C=O) groups excluding carboxylic acids is 2. The largest absolute Gasteiger partial charge is 0.493 e. The van der Waals surface area contributed by atoms with Gasteiger partial charge in [0.05, 0.1) is 21.3 Å². The second-order valence-electron chi connectivity index (χ2n) is 8.09. The van der Waals surface area contributed by atoms with Gasteiger partial charge in [0.25, 0.3) is 5.91 Å². The Labute approximate surface area is 167 Å². The minimum absolute atomic E-state index is 0.0530. The van der Waals surface area contributed by atoms with Crippen LogP contribution in [0.15, 0.2) is 12.1 Å². The first-order valence-electron chi connectivity index (χ1n) is 10.1. The van der Waals surface area contributed by atoms with Crippen molar-refractivity contribution >= 4 is 11.9 Å². The summed E-state index contributed by atoms with van der Waals surface area (Å²) in [5.41, 5.74) is 1.52. The van der Waals surface area contributed by atoms with Crippen molar-refractivity contribution in [2.24, 2.45) is 0 Å². The van der Waals surface area contributed by atoms with Crippen molar-refractivity contribution in [3.05, 3.63) is 23.3 Å². The fourth-order valence-electron chi connectivity index (χ4n) is 4.35. The monoisotopic (exact) mass is 390 g/mol. The minimum atomic E-state index is -0.673. The van der Waals surface area contributed by atoms with Crippen molar-refractivity contribution in [1.82, 2.24) is 10.2 Å². The quantitative estimate of drug-likeness (QED) is 0.725. The summed E-state index contributed by atoms with van der Waals surface area (Å²) >= 11 is 0. The number of hydrogen-bond acceptors (Lipinski definition) is 4. The van der Waals surface area contributed by atoms with Crippen molar-refractivity contribution < 1.29 is 24.0 Å². The molecule has 7 heteroatoms. The lowest BCUT2D eigenvalue weighted by molar-refractivity contribution is -0.901. The molecule has 1 aromatic carbocycles. The van der Waals surface area contributed by atoms with Gasteiger partial charge in [-0.3, -0.25) is 4.79 Å². The van der Waals surface area contributed by atoms with Crippen LogP contribution in [0.25, 0.3) is 0 Å². The fraction of sp³-hybridized carbons (Fsp3) is 0.619. The van der Waals surface area contributed by atoms with E-state index in [1.54, 1.807) is 14.2 Å². The molecule has 1 spiro atoms. The van der Waals surface area contributed by atoms with E-state index in [-0.39, 0.29) is 11.9 Å². The normalized spacial score (nSPS) is 20.1. The Bertz CT molecular complexity index is 741. The van der Waals surface area contributed by atoms with Crippen LogP contribution >= 0.6 is 0 Å². The Hall–Kier alpha value is -2.28. The summed E-state index contributed by atoms with van der Waals surface area (Å²) in [4.78, 5) is 28.1. The standard InChI is InChI=1S/C21H31N3O4/c1-15-11-17(27-3)18(28-4)12-16(15)13-23(2)14-24-19(25)21(22-20(24)26)9-7-5-6-8-10-21/h11-12H,5-10,13-14H2,1-4H3,(H,22,26)/p+1. The van der Waals surface area contributed by atoms with E-state index in [0.29, 0.717) is 24.7 Å². The first-order valence-corrected chi connectivity index (χ1v) is 10.1. The minimum Gasteiger partial charge on any atom is -0.493 e. The Morgan fingerprint density at radius 1 is 1.07 bits per heavy atom. The van der Waals surface area contributed by atoms with Gasteiger partial charge >= 0.3 is 6.03 Å². The summed E-state index contributed by atoms with van der Waals surface area (Å²) < 4.78 is 10.8.